The van der Waals surface area contributed by atoms with Crippen LogP contribution in [0.5, 0.6) is 0 Å². The molecule has 130 valence electrons. The van der Waals surface area contributed by atoms with Crippen LogP contribution in [0.3, 0.4) is 0 Å². The quantitative estimate of drug-likeness (QED) is 0.844. The van der Waals surface area contributed by atoms with Crippen LogP contribution in [0.2, 0.25) is 0 Å². The van der Waals surface area contributed by atoms with Gasteiger partial charge in [-0.1, -0.05) is 0 Å². The van der Waals surface area contributed by atoms with Crippen LogP contribution in [-0.2, 0) is 9.59 Å². The molecule has 1 N–H and O–H groups in total. The Morgan fingerprint density at radius 3 is 2.50 bits per heavy atom. The van der Waals surface area contributed by atoms with E-state index in [1.807, 2.05) is 11.8 Å². The van der Waals surface area contributed by atoms with Crippen LogP contribution in [0.25, 0.3) is 0 Å². The van der Waals surface area contributed by atoms with E-state index < -0.39 is 0 Å². The molecule has 0 bridgehead atoms. The monoisotopic (exact) mass is 331 g/mol. The summed E-state index contributed by atoms with van der Waals surface area (Å²) < 4.78 is 0. The molecular formula is C17H25N5O2. The standard InChI is InChI=1S/C17H25N5O2/c1-12-16(20-6-5-18-12)14-3-8-21(9-4-14)17(24)15-11-22(13(2)23)10-7-19-15/h5-6,14-15,19H,3-4,7-11H2,1-2H3/t15-/m1/s1. The highest BCUT2D eigenvalue weighted by atomic mass is 16.2. The summed E-state index contributed by atoms with van der Waals surface area (Å²) in [5.41, 5.74) is 2.04. The zero-order valence-corrected chi connectivity index (χ0v) is 14.4. The van der Waals surface area contributed by atoms with Crippen LogP contribution >= 0.6 is 0 Å². The molecule has 0 unspecified atom stereocenters. The summed E-state index contributed by atoms with van der Waals surface area (Å²) in [6, 6.07) is -0.280. The largest absolute Gasteiger partial charge is 0.341 e. The van der Waals surface area contributed by atoms with Crippen molar-refractivity contribution in [3.63, 3.8) is 0 Å². The van der Waals surface area contributed by atoms with Crippen molar-refractivity contribution in [2.24, 2.45) is 0 Å². The molecular weight excluding hydrogens is 306 g/mol. The van der Waals surface area contributed by atoms with Gasteiger partial charge in [-0.2, -0.15) is 0 Å². The molecule has 7 nitrogen and oxygen atoms in total. The number of nitrogens with zero attached hydrogens (tertiary/aromatic N) is 4. The third kappa shape index (κ3) is 3.56. The van der Waals surface area contributed by atoms with E-state index in [1.165, 1.54) is 0 Å². The van der Waals surface area contributed by atoms with Gasteiger partial charge in [0.25, 0.3) is 0 Å². The molecule has 0 radical (unpaired) electrons. The van der Waals surface area contributed by atoms with Gasteiger partial charge >= 0.3 is 0 Å². The molecule has 2 fully saturated rings. The molecule has 0 spiro atoms. The second kappa shape index (κ2) is 7.25. The van der Waals surface area contributed by atoms with Gasteiger partial charge in [-0.25, -0.2) is 0 Å². The van der Waals surface area contributed by atoms with Crippen LogP contribution in [0.15, 0.2) is 12.4 Å². The number of aromatic nitrogens is 2. The molecule has 0 saturated carbocycles. The Morgan fingerprint density at radius 2 is 1.83 bits per heavy atom. The third-order valence-electron chi connectivity index (χ3n) is 5.03. The fourth-order valence-electron chi connectivity index (χ4n) is 3.61. The lowest BCUT2D eigenvalue weighted by Crippen LogP contribution is -2.59. The van der Waals surface area contributed by atoms with Gasteiger partial charge in [0.1, 0.15) is 6.04 Å². The Labute approximate surface area is 142 Å². The van der Waals surface area contributed by atoms with E-state index >= 15 is 0 Å². The number of hydrogen-bond donors (Lipinski definition) is 1. The summed E-state index contributed by atoms with van der Waals surface area (Å²) in [7, 11) is 0. The van der Waals surface area contributed by atoms with Gasteiger partial charge in [0.05, 0.1) is 11.4 Å². The molecule has 0 aliphatic carbocycles. The van der Waals surface area contributed by atoms with Crippen LogP contribution in [0, 0.1) is 6.92 Å². The molecule has 1 atom stereocenters. The fraction of sp³-hybridized carbons (Fsp3) is 0.647. The zero-order chi connectivity index (χ0) is 17.1. The van der Waals surface area contributed by atoms with Crippen LogP contribution in [-0.4, -0.2) is 70.3 Å². The fourth-order valence-corrected chi connectivity index (χ4v) is 3.61. The second-order valence-corrected chi connectivity index (χ2v) is 6.60. The highest BCUT2D eigenvalue weighted by Crippen LogP contribution is 2.28. The van der Waals surface area contributed by atoms with Crippen molar-refractivity contribution in [2.75, 3.05) is 32.7 Å². The number of piperazine rings is 1. The van der Waals surface area contributed by atoms with E-state index in [9.17, 15) is 9.59 Å². The molecule has 3 heterocycles. The molecule has 2 aliphatic rings. The summed E-state index contributed by atoms with van der Waals surface area (Å²) in [6.07, 6.45) is 5.28. The van der Waals surface area contributed by atoms with Crippen LogP contribution < -0.4 is 5.32 Å². The lowest BCUT2D eigenvalue weighted by Gasteiger charge is -2.38. The van der Waals surface area contributed by atoms with Gasteiger partial charge in [0.2, 0.25) is 11.8 Å². The molecule has 3 rings (SSSR count). The smallest absolute Gasteiger partial charge is 0.241 e. The highest BCUT2D eigenvalue weighted by Gasteiger charge is 2.32. The average molecular weight is 331 g/mol. The number of likely N-dealkylation sites (tertiary alicyclic amines) is 1. The van der Waals surface area contributed by atoms with E-state index in [0.29, 0.717) is 25.6 Å². The Balaban J connectivity index is 1.57. The number of amides is 2. The topological polar surface area (TPSA) is 78.4 Å². The van der Waals surface area contributed by atoms with Crippen LogP contribution in [0.1, 0.15) is 37.1 Å². The predicted octanol–water partition coefficient (Wildman–Crippen LogP) is 0.311. The highest BCUT2D eigenvalue weighted by molar-refractivity contribution is 5.83. The maximum absolute atomic E-state index is 12.7. The summed E-state index contributed by atoms with van der Waals surface area (Å²) in [5.74, 6) is 0.511. The van der Waals surface area contributed by atoms with E-state index in [-0.39, 0.29) is 17.9 Å². The van der Waals surface area contributed by atoms with E-state index in [4.69, 9.17) is 0 Å². The van der Waals surface area contributed by atoms with Gasteiger partial charge in [0, 0.05) is 58.0 Å². The van der Waals surface area contributed by atoms with Crippen LogP contribution in [0.4, 0.5) is 0 Å². The second-order valence-electron chi connectivity index (χ2n) is 6.60. The minimum atomic E-state index is -0.280. The Morgan fingerprint density at radius 1 is 1.12 bits per heavy atom. The number of piperidine rings is 1. The maximum atomic E-state index is 12.7. The Kier molecular flexibility index (Phi) is 5.08. The Hall–Kier alpha value is -2.02. The number of hydrogen-bond acceptors (Lipinski definition) is 5. The van der Waals surface area contributed by atoms with E-state index in [1.54, 1.807) is 24.2 Å². The third-order valence-corrected chi connectivity index (χ3v) is 5.03. The number of aryl methyl sites for hydroxylation is 1. The minimum absolute atomic E-state index is 0.0335. The Bertz CT molecular complexity index is 613. The minimum Gasteiger partial charge on any atom is -0.341 e. The van der Waals surface area contributed by atoms with Crippen molar-refractivity contribution in [3.05, 3.63) is 23.8 Å². The number of carbonyl (C=O) groups excluding carboxylic acids is 2. The zero-order valence-electron chi connectivity index (χ0n) is 14.4. The molecule has 1 aromatic heterocycles. The molecule has 0 aromatic carbocycles. The molecule has 2 aliphatic heterocycles. The first kappa shape index (κ1) is 16.8. The summed E-state index contributed by atoms with van der Waals surface area (Å²) >= 11 is 0. The van der Waals surface area contributed by atoms with Crippen molar-refractivity contribution in [1.82, 2.24) is 25.1 Å². The summed E-state index contributed by atoms with van der Waals surface area (Å²) in [6.45, 7) is 6.83. The normalized spacial score (nSPS) is 22.5. The molecule has 24 heavy (non-hydrogen) atoms. The number of nitrogens with one attached hydrogen (secondary N) is 1. The van der Waals surface area contributed by atoms with Crippen molar-refractivity contribution >= 4 is 11.8 Å². The van der Waals surface area contributed by atoms with Gasteiger partial charge in [0.15, 0.2) is 0 Å². The predicted molar refractivity (Wildman–Crippen MR) is 89.4 cm³/mol. The van der Waals surface area contributed by atoms with Crippen molar-refractivity contribution < 1.29 is 9.59 Å². The van der Waals surface area contributed by atoms with E-state index in [0.717, 1.165) is 37.3 Å². The van der Waals surface area contributed by atoms with Crippen molar-refractivity contribution in [2.45, 2.75) is 38.6 Å². The van der Waals surface area contributed by atoms with Gasteiger partial charge in [-0.05, 0) is 19.8 Å². The molecule has 7 heteroatoms. The number of carbonyl (C=O) groups is 2. The average Bonchev–Trinajstić information content (AvgIpc) is 2.62. The molecule has 2 saturated heterocycles. The first-order valence-electron chi connectivity index (χ1n) is 8.61. The SMILES string of the molecule is CC(=O)N1CCN[C@@H](C(=O)N2CCC(c3nccnc3C)CC2)C1. The lowest BCUT2D eigenvalue weighted by molar-refractivity contribution is -0.138. The van der Waals surface area contributed by atoms with E-state index in [2.05, 4.69) is 15.3 Å². The van der Waals surface area contributed by atoms with Gasteiger partial charge < -0.3 is 15.1 Å². The molecule has 2 amide bonds. The summed E-state index contributed by atoms with van der Waals surface area (Å²) in [4.78, 5) is 36.7. The lowest BCUT2D eigenvalue weighted by atomic mass is 9.91. The molecule has 1 aromatic rings. The first-order chi connectivity index (χ1) is 11.6. The van der Waals surface area contributed by atoms with Gasteiger partial charge in [-0.3, -0.25) is 19.6 Å². The number of rotatable bonds is 2. The summed E-state index contributed by atoms with van der Waals surface area (Å²) in [5, 5.41) is 3.25. The maximum Gasteiger partial charge on any atom is 0.241 e. The van der Waals surface area contributed by atoms with Gasteiger partial charge in [-0.15, -0.1) is 0 Å². The van der Waals surface area contributed by atoms with Crippen molar-refractivity contribution in [1.29, 1.82) is 0 Å². The first-order valence-corrected chi connectivity index (χ1v) is 8.61. The van der Waals surface area contributed by atoms with Crippen molar-refractivity contribution in [3.8, 4) is 0 Å².